The van der Waals surface area contributed by atoms with Gasteiger partial charge in [-0.25, -0.2) is 0 Å². The van der Waals surface area contributed by atoms with E-state index < -0.39 is 4.92 Å². The maximum atomic E-state index is 12.7. The third kappa shape index (κ3) is 3.46. The summed E-state index contributed by atoms with van der Waals surface area (Å²) in [6, 6.07) is 4.11. The molecule has 2 saturated heterocycles. The van der Waals surface area contributed by atoms with E-state index in [-0.39, 0.29) is 34.4 Å². The minimum atomic E-state index is -0.580. The minimum absolute atomic E-state index is 0.0632. The van der Waals surface area contributed by atoms with Crippen molar-refractivity contribution in [1.29, 1.82) is 0 Å². The van der Waals surface area contributed by atoms with Crippen molar-refractivity contribution in [1.82, 2.24) is 4.90 Å². The molecule has 8 heteroatoms. The molecule has 0 spiro atoms. The number of benzene rings is 1. The van der Waals surface area contributed by atoms with Crippen molar-refractivity contribution >= 4 is 23.2 Å². The lowest BCUT2D eigenvalue weighted by Crippen LogP contribution is -2.44. The predicted octanol–water partition coefficient (Wildman–Crippen LogP) is 2.47. The van der Waals surface area contributed by atoms with Crippen LogP contribution in [0.1, 0.15) is 23.2 Å². The monoisotopic (exact) mass is 340 g/mol. The Morgan fingerprint density at radius 2 is 2.09 bits per heavy atom. The number of rotatable bonds is 3. The number of nitrogens with zero attached hydrogens (tertiary/aromatic N) is 2. The number of carbonyl (C=O) groups excluding carboxylic acids is 1. The highest BCUT2D eigenvalue weighted by Gasteiger charge is 2.34. The summed E-state index contributed by atoms with van der Waals surface area (Å²) >= 11 is 5.80. The number of carbonyl (C=O) groups is 1. The SMILES string of the molecule is O=C(c1ccc(Cl)cc1[N+](=O)[O-])N1CCCC(C2OCCO2)C1. The molecule has 2 fully saturated rings. The number of hydrogen-bond donors (Lipinski definition) is 0. The number of nitro groups is 1. The average Bonchev–Trinajstić information content (AvgIpc) is 3.09. The first kappa shape index (κ1) is 16.2. The highest BCUT2D eigenvalue weighted by Crippen LogP contribution is 2.29. The van der Waals surface area contributed by atoms with Gasteiger partial charge in [-0.2, -0.15) is 0 Å². The van der Waals surface area contributed by atoms with Crippen LogP contribution in [0.2, 0.25) is 5.02 Å². The van der Waals surface area contributed by atoms with Crippen LogP contribution in [-0.4, -0.2) is 48.3 Å². The molecule has 0 N–H and O–H groups in total. The molecule has 1 unspecified atom stereocenters. The van der Waals surface area contributed by atoms with Gasteiger partial charge in [-0.1, -0.05) is 11.6 Å². The Kier molecular flexibility index (Phi) is 4.79. The molecule has 2 heterocycles. The molecule has 1 amide bonds. The standard InChI is InChI=1S/C15H17ClN2O5/c16-11-3-4-12(13(8-11)18(20)21)14(19)17-5-1-2-10(9-17)15-22-6-7-23-15/h3-4,8,10,15H,1-2,5-7,9H2. The first-order valence-electron chi connectivity index (χ1n) is 7.52. The third-order valence-electron chi connectivity index (χ3n) is 4.16. The van der Waals surface area contributed by atoms with Crippen LogP contribution in [0.25, 0.3) is 0 Å². The van der Waals surface area contributed by atoms with Gasteiger partial charge in [0.2, 0.25) is 0 Å². The lowest BCUT2D eigenvalue weighted by atomic mass is 9.96. The second kappa shape index (κ2) is 6.82. The zero-order valence-electron chi connectivity index (χ0n) is 12.4. The summed E-state index contributed by atoms with van der Waals surface area (Å²) in [7, 11) is 0. The van der Waals surface area contributed by atoms with Crippen molar-refractivity contribution in [2.75, 3.05) is 26.3 Å². The molecular weight excluding hydrogens is 324 g/mol. The Hall–Kier alpha value is -1.70. The fourth-order valence-corrected chi connectivity index (χ4v) is 3.24. The van der Waals surface area contributed by atoms with E-state index in [0.717, 1.165) is 12.8 Å². The summed E-state index contributed by atoms with van der Waals surface area (Å²) in [6.07, 6.45) is 1.45. The van der Waals surface area contributed by atoms with Gasteiger partial charge in [-0.3, -0.25) is 14.9 Å². The van der Waals surface area contributed by atoms with Gasteiger partial charge in [-0.05, 0) is 25.0 Å². The quantitative estimate of drug-likeness (QED) is 0.623. The zero-order chi connectivity index (χ0) is 16.4. The second-order valence-corrected chi connectivity index (χ2v) is 6.12. The van der Waals surface area contributed by atoms with Crippen LogP contribution in [0.4, 0.5) is 5.69 Å². The van der Waals surface area contributed by atoms with E-state index in [2.05, 4.69) is 0 Å². The predicted molar refractivity (Wildman–Crippen MR) is 82.4 cm³/mol. The van der Waals surface area contributed by atoms with Crippen LogP contribution < -0.4 is 0 Å². The molecular formula is C15H17ClN2O5. The van der Waals surface area contributed by atoms with E-state index >= 15 is 0 Å². The van der Waals surface area contributed by atoms with Gasteiger partial charge in [0.05, 0.1) is 18.1 Å². The van der Waals surface area contributed by atoms with Crippen molar-refractivity contribution < 1.29 is 19.2 Å². The number of halogens is 1. The number of ether oxygens (including phenoxy) is 2. The summed E-state index contributed by atoms with van der Waals surface area (Å²) in [5.74, 6) is -0.252. The van der Waals surface area contributed by atoms with E-state index in [1.165, 1.54) is 18.2 Å². The molecule has 2 aliphatic rings. The van der Waals surface area contributed by atoms with Crippen LogP contribution >= 0.6 is 11.6 Å². The number of piperidine rings is 1. The van der Waals surface area contributed by atoms with E-state index in [4.69, 9.17) is 21.1 Å². The number of hydrogen-bond acceptors (Lipinski definition) is 5. The highest BCUT2D eigenvalue weighted by molar-refractivity contribution is 6.31. The summed E-state index contributed by atoms with van der Waals surface area (Å²) in [6.45, 7) is 2.18. The average molecular weight is 341 g/mol. The van der Waals surface area contributed by atoms with Crippen LogP contribution in [0.3, 0.4) is 0 Å². The maximum absolute atomic E-state index is 12.7. The van der Waals surface area contributed by atoms with Gasteiger partial charge >= 0.3 is 0 Å². The van der Waals surface area contributed by atoms with Gasteiger partial charge in [-0.15, -0.1) is 0 Å². The Morgan fingerprint density at radius 1 is 1.35 bits per heavy atom. The van der Waals surface area contributed by atoms with Crippen LogP contribution in [0.15, 0.2) is 18.2 Å². The topological polar surface area (TPSA) is 81.9 Å². The highest BCUT2D eigenvalue weighted by atomic mass is 35.5. The van der Waals surface area contributed by atoms with Gasteiger partial charge in [0.25, 0.3) is 11.6 Å². The van der Waals surface area contributed by atoms with Crippen molar-refractivity contribution in [3.63, 3.8) is 0 Å². The summed E-state index contributed by atoms with van der Waals surface area (Å²) in [5, 5.41) is 11.4. The fraction of sp³-hybridized carbons (Fsp3) is 0.533. The van der Waals surface area contributed by atoms with Gasteiger partial charge in [0.1, 0.15) is 5.56 Å². The molecule has 0 saturated carbocycles. The summed E-state index contributed by atoms with van der Waals surface area (Å²) in [5.41, 5.74) is -0.203. The van der Waals surface area contributed by atoms with E-state index in [1.807, 2.05) is 0 Å². The van der Waals surface area contributed by atoms with Crippen molar-refractivity contribution in [2.45, 2.75) is 19.1 Å². The Labute approximate surface area is 138 Å². The number of likely N-dealkylation sites (tertiary alicyclic amines) is 1. The first-order valence-corrected chi connectivity index (χ1v) is 7.90. The van der Waals surface area contributed by atoms with Crippen molar-refractivity contribution in [2.24, 2.45) is 5.92 Å². The Bertz CT molecular complexity index is 618. The maximum Gasteiger partial charge on any atom is 0.283 e. The van der Waals surface area contributed by atoms with Gasteiger partial charge < -0.3 is 14.4 Å². The molecule has 0 aromatic heterocycles. The van der Waals surface area contributed by atoms with E-state index in [0.29, 0.717) is 26.3 Å². The largest absolute Gasteiger partial charge is 0.350 e. The number of amides is 1. The molecule has 23 heavy (non-hydrogen) atoms. The molecule has 2 aliphatic heterocycles. The normalized spacial score (nSPS) is 22.3. The number of nitro benzene ring substituents is 1. The van der Waals surface area contributed by atoms with E-state index in [1.54, 1.807) is 4.90 Å². The molecule has 0 aliphatic carbocycles. The lowest BCUT2D eigenvalue weighted by molar-refractivity contribution is -0.385. The van der Waals surface area contributed by atoms with Gasteiger partial charge in [0.15, 0.2) is 6.29 Å². The van der Waals surface area contributed by atoms with Crippen LogP contribution in [0, 0.1) is 16.0 Å². The van der Waals surface area contributed by atoms with Gasteiger partial charge in [0, 0.05) is 30.1 Å². The Balaban J connectivity index is 1.78. The second-order valence-electron chi connectivity index (χ2n) is 5.68. The molecule has 0 bridgehead atoms. The fourth-order valence-electron chi connectivity index (χ4n) is 3.07. The lowest BCUT2D eigenvalue weighted by Gasteiger charge is -2.34. The van der Waals surface area contributed by atoms with Crippen molar-refractivity contribution in [3.8, 4) is 0 Å². The Morgan fingerprint density at radius 3 is 2.78 bits per heavy atom. The molecule has 7 nitrogen and oxygen atoms in total. The molecule has 1 aromatic rings. The molecule has 124 valence electrons. The van der Waals surface area contributed by atoms with E-state index in [9.17, 15) is 14.9 Å². The minimum Gasteiger partial charge on any atom is -0.350 e. The van der Waals surface area contributed by atoms with Crippen LogP contribution in [0.5, 0.6) is 0 Å². The summed E-state index contributed by atoms with van der Waals surface area (Å²) < 4.78 is 11.0. The van der Waals surface area contributed by atoms with Crippen molar-refractivity contribution in [3.05, 3.63) is 38.9 Å². The smallest absolute Gasteiger partial charge is 0.283 e. The molecule has 0 radical (unpaired) electrons. The zero-order valence-corrected chi connectivity index (χ0v) is 13.2. The molecule has 1 aromatic carbocycles. The molecule has 1 atom stereocenters. The summed E-state index contributed by atoms with van der Waals surface area (Å²) in [4.78, 5) is 24.9. The first-order chi connectivity index (χ1) is 11.1. The van der Waals surface area contributed by atoms with Crippen LogP contribution in [-0.2, 0) is 9.47 Å². The molecule has 3 rings (SSSR count). The third-order valence-corrected chi connectivity index (χ3v) is 4.40.